The van der Waals surface area contributed by atoms with Gasteiger partial charge in [-0.05, 0) is 37.5 Å². The van der Waals surface area contributed by atoms with Crippen LogP contribution >= 0.6 is 11.3 Å². The lowest BCUT2D eigenvalue weighted by Gasteiger charge is -2.27. The van der Waals surface area contributed by atoms with Gasteiger partial charge in [-0.1, -0.05) is 12.5 Å². The second-order valence-electron chi connectivity index (χ2n) is 6.90. The molecule has 10 heteroatoms. The Kier molecular flexibility index (Phi) is 6.99. The molecule has 0 spiro atoms. The smallest absolute Gasteiger partial charge is 0.245 e. The molecule has 0 radical (unpaired) electrons. The molecule has 2 N–H and O–H groups in total. The molecule has 1 aromatic carbocycles. The van der Waals surface area contributed by atoms with Gasteiger partial charge in [-0.25, -0.2) is 13.4 Å². The molecule has 1 aliphatic rings. The van der Waals surface area contributed by atoms with Crippen molar-refractivity contribution >= 4 is 44.0 Å². The number of sulfonamides is 1. The summed E-state index contributed by atoms with van der Waals surface area (Å²) in [5.41, 5.74) is 1.04. The van der Waals surface area contributed by atoms with Gasteiger partial charge in [-0.15, -0.1) is 11.3 Å². The highest BCUT2D eigenvalue weighted by Gasteiger charge is 2.28. The first-order chi connectivity index (χ1) is 13.9. The maximum absolute atomic E-state index is 13.1. The van der Waals surface area contributed by atoms with Crippen LogP contribution < -0.4 is 10.6 Å². The number of hydrogen-bond acceptors (Lipinski definition) is 6. The van der Waals surface area contributed by atoms with Crippen molar-refractivity contribution in [2.45, 2.75) is 43.9 Å². The number of amides is 2. The molecule has 3 rings (SSSR count). The lowest BCUT2D eigenvalue weighted by molar-refractivity contribution is -0.121. The molecule has 0 saturated carbocycles. The van der Waals surface area contributed by atoms with Gasteiger partial charge >= 0.3 is 0 Å². The van der Waals surface area contributed by atoms with E-state index >= 15 is 0 Å². The van der Waals surface area contributed by atoms with Gasteiger partial charge in [0.15, 0.2) is 5.13 Å². The summed E-state index contributed by atoms with van der Waals surface area (Å²) in [6, 6.07) is 4.93. The molecule has 1 fully saturated rings. The minimum atomic E-state index is -3.69. The lowest BCUT2D eigenvalue weighted by Crippen LogP contribution is -2.36. The highest BCUT2D eigenvalue weighted by molar-refractivity contribution is 7.89. The van der Waals surface area contributed by atoms with Crippen molar-refractivity contribution in [1.82, 2.24) is 9.29 Å². The Balaban J connectivity index is 1.67. The summed E-state index contributed by atoms with van der Waals surface area (Å²) >= 11 is 1.29. The van der Waals surface area contributed by atoms with Crippen LogP contribution in [0.25, 0.3) is 0 Å². The van der Waals surface area contributed by atoms with E-state index in [0.29, 0.717) is 18.2 Å². The van der Waals surface area contributed by atoms with Gasteiger partial charge in [0.1, 0.15) is 4.90 Å². The van der Waals surface area contributed by atoms with Crippen LogP contribution in [-0.2, 0) is 19.6 Å². The van der Waals surface area contributed by atoms with E-state index < -0.39 is 15.9 Å². The van der Waals surface area contributed by atoms with Crippen LogP contribution in [0.1, 0.15) is 37.7 Å². The van der Waals surface area contributed by atoms with E-state index in [4.69, 9.17) is 0 Å². The highest BCUT2D eigenvalue weighted by Crippen LogP contribution is 2.28. The van der Waals surface area contributed by atoms with Crippen molar-refractivity contribution in [3.8, 4) is 0 Å². The second-order valence-corrected chi connectivity index (χ2v) is 9.70. The minimum Gasteiger partial charge on any atom is -0.325 e. The van der Waals surface area contributed by atoms with Gasteiger partial charge in [0.25, 0.3) is 0 Å². The van der Waals surface area contributed by atoms with E-state index in [1.165, 1.54) is 15.6 Å². The normalized spacial score (nSPS) is 15.1. The average molecular weight is 437 g/mol. The zero-order valence-electron chi connectivity index (χ0n) is 16.2. The summed E-state index contributed by atoms with van der Waals surface area (Å²) in [4.78, 5) is 28.3. The summed E-state index contributed by atoms with van der Waals surface area (Å²) in [6.45, 7) is 2.78. The largest absolute Gasteiger partial charge is 0.325 e. The fraction of sp³-hybridized carbons (Fsp3) is 0.421. The summed E-state index contributed by atoms with van der Waals surface area (Å²) in [7, 11) is -3.69. The van der Waals surface area contributed by atoms with Crippen LogP contribution in [0.5, 0.6) is 0 Å². The van der Waals surface area contributed by atoms with Gasteiger partial charge in [0.2, 0.25) is 21.8 Å². The number of piperidine rings is 1. The number of aromatic nitrogens is 1. The van der Waals surface area contributed by atoms with Crippen molar-refractivity contribution in [1.29, 1.82) is 0 Å². The van der Waals surface area contributed by atoms with Crippen molar-refractivity contribution < 1.29 is 18.0 Å². The summed E-state index contributed by atoms with van der Waals surface area (Å²) in [5, 5.41) is 7.49. The number of rotatable bonds is 7. The molecule has 2 heterocycles. The molecule has 0 atom stereocenters. The van der Waals surface area contributed by atoms with Crippen LogP contribution in [-0.4, -0.2) is 42.6 Å². The predicted octanol–water partition coefficient (Wildman–Crippen LogP) is 2.98. The van der Waals surface area contributed by atoms with Crippen molar-refractivity contribution in [3.05, 3.63) is 35.3 Å². The summed E-state index contributed by atoms with van der Waals surface area (Å²) in [6.07, 6.45) is 4.18. The monoisotopic (exact) mass is 436 g/mol. The zero-order chi connectivity index (χ0) is 20.9. The third-order valence-corrected chi connectivity index (χ3v) is 7.23. The highest BCUT2D eigenvalue weighted by atomic mass is 32.2. The minimum absolute atomic E-state index is 0.0223. The van der Waals surface area contributed by atoms with Gasteiger partial charge in [0.05, 0.1) is 5.69 Å². The molecule has 0 unspecified atom stereocenters. The van der Waals surface area contributed by atoms with Crippen LogP contribution in [0, 0.1) is 6.92 Å². The maximum Gasteiger partial charge on any atom is 0.245 e. The molecule has 1 aromatic heterocycles. The third-order valence-electron chi connectivity index (χ3n) is 4.60. The van der Waals surface area contributed by atoms with E-state index in [9.17, 15) is 18.0 Å². The van der Waals surface area contributed by atoms with Gasteiger partial charge in [0, 0.05) is 37.5 Å². The van der Waals surface area contributed by atoms with Crippen LogP contribution in [0.2, 0.25) is 0 Å². The number of thiazole rings is 1. The van der Waals surface area contributed by atoms with Gasteiger partial charge in [-0.2, -0.15) is 4.31 Å². The predicted molar refractivity (Wildman–Crippen MR) is 112 cm³/mol. The van der Waals surface area contributed by atoms with Crippen LogP contribution in [0.15, 0.2) is 34.7 Å². The Hall–Kier alpha value is -2.30. The van der Waals surface area contributed by atoms with Crippen molar-refractivity contribution in [3.63, 3.8) is 0 Å². The van der Waals surface area contributed by atoms with E-state index in [0.717, 1.165) is 24.8 Å². The number of nitrogens with one attached hydrogen (secondary N) is 2. The number of anilines is 2. The molecular weight excluding hydrogens is 412 g/mol. The molecule has 1 saturated heterocycles. The number of carbonyl (C=O) groups is 2. The SMILES string of the molecule is Cc1ccc(NC(=O)CCC(=O)Nc2nccs2)c(S(=O)(=O)N2CCCCC2)c1. The molecule has 29 heavy (non-hydrogen) atoms. The van der Waals surface area contributed by atoms with E-state index in [1.54, 1.807) is 29.8 Å². The van der Waals surface area contributed by atoms with E-state index in [-0.39, 0.29) is 29.3 Å². The Morgan fingerprint density at radius 1 is 1.10 bits per heavy atom. The topological polar surface area (TPSA) is 108 Å². The molecule has 0 aliphatic carbocycles. The fourth-order valence-electron chi connectivity index (χ4n) is 3.10. The molecule has 2 amide bonds. The Labute approximate surface area is 174 Å². The Morgan fingerprint density at radius 3 is 2.45 bits per heavy atom. The standard InChI is InChI=1S/C19H24N4O4S2/c1-14-5-6-15(16(13-14)29(26,27)23-10-3-2-4-11-23)21-17(24)7-8-18(25)22-19-20-9-12-28-19/h5-6,9,12-13H,2-4,7-8,10-11H2,1H3,(H,21,24)(H,20,22,25). The van der Waals surface area contributed by atoms with Crippen LogP contribution in [0.4, 0.5) is 10.8 Å². The number of nitrogens with zero attached hydrogens (tertiary/aromatic N) is 2. The number of benzene rings is 1. The Morgan fingerprint density at radius 2 is 1.79 bits per heavy atom. The lowest BCUT2D eigenvalue weighted by atomic mass is 10.2. The van der Waals surface area contributed by atoms with E-state index in [2.05, 4.69) is 15.6 Å². The number of carbonyl (C=O) groups excluding carboxylic acids is 2. The number of hydrogen-bond donors (Lipinski definition) is 2. The Bertz CT molecular complexity index is 968. The molecule has 2 aromatic rings. The number of aryl methyl sites for hydroxylation is 1. The summed E-state index contributed by atoms with van der Waals surface area (Å²) in [5.74, 6) is -0.738. The first-order valence-corrected chi connectivity index (χ1v) is 11.8. The molecule has 156 valence electrons. The first-order valence-electron chi connectivity index (χ1n) is 9.46. The molecule has 8 nitrogen and oxygen atoms in total. The van der Waals surface area contributed by atoms with Gasteiger partial charge < -0.3 is 10.6 Å². The quantitative estimate of drug-likeness (QED) is 0.694. The maximum atomic E-state index is 13.1. The average Bonchev–Trinajstić information content (AvgIpc) is 3.21. The van der Waals surface area contributed by atoms with E-state index in [1.807, 2.05) is 6.92 Å². The second kappa shape index (κ2) is 9.47. The van der Waals surface area contributed by atoms with Crippen LogP contribution in [0.3, 0.4) is 0 Å². The fourth-order valence-corrected chi connectivity index (χ4v) is 5.39. The molecule has 1 aliphatic heterocycles. The third kappa shape index (κ3) is 5.62. The molecular formula is C19H24N4O4S2. The molecule has 0 bridgehead atoms. The van der Waals surface area contributed by atoms with Crippen molar-refractivity contribution in [2.75, 3.05) is 23.7 Å². The zero-order valence-corrected chi connectivity index (χ0v) is 17.8. The van der Waals surface area contributed by atoms with Crippen molar-refractivity contribution in [2.24, 2.45) is 0 Å². The van der Waals surface area contributed by atoms with Gasteiger partial charge in [-0.3, -0.25) is 9.59 Å². The summed E-state index contributed by atoms with van der Waals surface area (Å²) < 4.78 is 27.7. The first kappa shape index (κ1) is 21.4.